The lowest BCUT2D eigenvalue weighted by atomic mass is 10.1. The largest absolute Gasteiger partial charge is 0.355 e. The van der Waals surface area contributed by atoms with E-state index in [4.69, 9.17) is 0 Å². The van der Waals surface area contributed by atoms with E-state index < -0.39 is 0 Å². The summed E-state index contributed by atoms with van der Waals surface area (Å²) in [5, 5.41) is 11.1. The van der Waals surface area contributed by atoms with Crippen molar-refractivity contribution in [3.05, 3.63) is 53.2 Å². The van der Waals surface area contributed by atoms with Gasteiger partial charge < -0.3 is 10.2 Å². The summed E-state index contributed by atoms with van der Waals surface area (Å²) in [5.74, 6) is 0.664. The van der Waals surface area contributed by atoms with E-state index in [0.717, 1.165) is 24.5 Å². The monoisotopic (exact) mass is 296 g/mol. The maximum Gasteiger partial charge on any atom is 0.272 e. The van der Waals surface area contributed by atoms with Gasteiger partial charge in [0, 0.05) is 19.6 Å². The molecule has 22 heavy (non-hydrogen) atoms. The fourth-order valence-corrected chi connectivity index (χ4v) is 2.64. The molecule has 0 aliphatic carbocycles. The molecule has 114 valence electrons. The summed E-state index contributed by atoms with van der Waals surface area (Å²) < 4.78 is 0. The molecule has 1 aromatic heterocycles. The molecule has 0 bridgehead atoms. The van der Waals surface area contributed by atoms with Crippen molar-refractivity contribution in [2.24, 2.45) is 0 Å². The fourth-order valence-electron chi connectivity index (χ4n) is 2.64. The van der Waals surface area contributed by atoms with Crippen LogP contribution in [0.2, 0.25) is 0 Å². The van der Waals surface area contributed by atoms with Gasteiger partial charge in [0.05, 0.1) is 0 Å². The van der Waals surface area contributed by atoms with Gasteiger partial charge in [-0.3, -0.25) is 4.79 Å². The van der Waals surface area contributed by atoms with E-state index in [2.05, 4.69) is 20.4 Å². The van der Waals surface area contributed by atoms with Crippen LogP contribution < -0.4 is 10.2 Å². The van der Waals surface area contributed by atoms with Gasteiger partial charge in [0.2, 0.25) is 0 Å². The van der Waals surface area contributed by atoms with Crippen molar-refractivity contribution in [2.45, 2.75) is 26.3 Å². The molecule has 1 fully saturated rings. The maximum absolute atomic E-state index is 12.1. The standard InChI is InChI=1S/C17H20N4O/c1-13-6-2-3-7-14(13)12-18-17(22)15-8-9-16(20-19-15)21-10-4-5-11-21/h2-3,6-9H,4-5,10-12H2,1H3,(H,18,22). The molecule has 2 aromatic rings. The summed E-state index contributed by atoms with van der Waals surface area (Å²) in [6.45, 7) is 4.58. The predicted octanol–water partition coefficient (Wildman–Crippen LogP) is 2.32. The van der Waals surface area contributed by atoms with E-state index in [1.807, 2.05) is 37.3 Å². The number of anilines is 1. The number of rotatable bonds is 4. The van der Waals surface area contributed by atoms with E-state index in [1.165, 1.54) is 18.4 Å². The molecule has 0 unspecified atom stereocenters. The minimum Gasteiger partial charge on any atom is -0.355 e. The fraction of sp³-hybridized carbons (Fsp3) is 0.353. The van der Waals surface area contributed by atoms with E-state index in [1.54, 1.807) is 6.07 Å². The van der Waals surface area contributed by atoms with E-state index in [-0.39, 0.29) is 5.91 Å². The Hall–Kier alpha value is -2.43. The van der Waals surface area contributed by atoms with Crippen molar-refractivity contribution < 1.29 is 4.79 Å². The highest BCUT2D eigenvalue weighted by Crippen LogP contribution is 2.16. The minimum atomic E-state index is -0.191. The van der Waals surface area contributed by atoms with E-state index >= 15 is 0 Å². The third-order valence-corrected chi connectivity index (χ3v) is 4.01. The first kappa shape index (κ1) is 14.5. The summed E-state index contributed by atoms with van der Waals surface area (Å²) in [6, 6.07) is 11.6. The molecule has 0 radical (unpaired) electrons. The Morgan fingerprint density at radius 1 is 1.14 bits per heavy atom. The number of carbonyl (C=O) groups is 1. The highest BCUT2D eigenvalue weighted by Gasteiger charge is 2.15. The highest BCUT2D eigenvalue weighted by atomic mass is 16.1. The molecule has 0 saturated carbocycles. The van der Waals surface area contributed by atoms with Gasteiger partial charge in [-0.15, -0.1) is 10.2 Å². The number of hydrogen-bond donors (Lipinski definition) is 1. The molecule has 2 heterocycles. The van der Waals surface area contributed by atoms with Crippen molar-refractivity contribution in [3.63, 3.8) is 0 Å². The smallest absolute Gasteiger partial charge is 0.272 e. The molecule has 0 spiro atoms. The normalized spacial score (nSPS) is 14.1. The predicted molar refractivity (Wildman–Crippen MR) is 85.8 cm³/mol. The highest BCUT2D eigenvalue weighted by molar-refractivity contribution is 5.92. The van der Waals surface area contributed by atoms with Gasteiger partial charge in [-0.25, -0.2) is 0 Å². The van der Waals surface area contributed by atoms with Crippen LogP contribution in [-0.4, -0.2) is 29.2 Å². The number of nitrogens with zero attached hydrogens (tertiary/aromatic N) is 3. The number of aromatic nitrogens is 2. The zero-order chi connectivity index (χ0) is 15.4. The zero-order valence-electron chi connectivity index (χ0n) is 12.7. The SMILES string of the molecule is Cc1ccccc1CNC(=O)c1ccc(N2CCCC2)nn1. The third-order valence-electron chi connectivity index (χ3n) is 4.01. The molecule has 5 nitrogen and oxygen atoms in total. The van der Waals surface area contributed by atoms with Crippen LogP contribution in [0.15, 0.2) is 36.4 Å². The molecule has 0 atom stereocenters. The molecule has 5 heteroatoms. The van der Waals surface area contributed by atoms with Gasteiger partial charge in [0.25, 0.3) is 5.91 Å². The first-order valence-electron chi connectivity index (χ1n) is 7.65. The van der Waals surface area contributed by atoms with Crippen LogP contribution in [0.4, 0.5) is 5.82 Å². The number of nitrogens with one attached hydrogen (secondary N) is 1. The quantitative estimate of drug-likeness (QED) is 0.940. The molecular formula is C17H20N4O. The second-order valence-electron chi connectivity index (χ2n) is 5.58. The lowest BCUT2D eigenvalue weighted by molar-refractivity contribution is 0.0945. The van der Waals surface area contributed by atoms with Crippen LogP contribution in [0.1, 0.15) is 34.5 Å². The van der Waals surface area contributed by atoms with Crippen LogP contribution in [-0.2, 0) is 6.54 Å². The van der Waals surface area contributed by atoms with Crippen LogP contribution in [0.3, 0.4) is 0 Å². The van der Waals surface area contributed by atoms with Gasteiger partial charge in [0.15, 0.2) is 11.5 Å². The first-order valence-corrected chi connectivity index (χ1v) is 7.65. The number of aryl methyl sites for hydroxylation is 1. The van der Waals surface area contributed by atoms with E-state index in [9.17, 15) is 4.79 Å². The Morgan fingerprint density at radius 2 is 1.91 bits per heavy atom. The number of carbonyl (C=O) groups excluding carboxylic acids is 1. The number of hydrogen-bond acceptors (Lipinski definition) is 4. The Kier molecular flexibility index (Phi) is 4.32. The second-order valence-corrected chi connectivity index (χ2v) is 5.58. The molecule has 1 amide bonds. The lowest BCUT2D eigenvalue weighted by Gasteiger charge is -2.15. The van der Waals surface area contributed by atoms with Gasteiger partial charge in [-0.2, -0.15) is 0 Å². The molecule has 1 saturated heterocycles. The number of amides is 1. The lowest BCUT2D eigenvalue weighted by Crippen LogP contribution is -2.25. The molecule has 1 aliphatic heterocycles. The van der Waals surface area contributed by atoms with Crippen LogP contribution in [0, 0.1) is 6.92 Å². The first-order chi connectivity index (χ1) is 10.7. The summed E-state index contributed by atoms with van der Waals surface area (Å²) in [6.07, 6.45) is 2.39. The summed E-state index contributed by atoms with van der Waals surface area (Å²) in [7, 11) is 0. The van der Waals surface area contributed by atoms with Gasteiger partial charge in [-0.05, 0) is 43.0 Å². The van der Waals surface area contributed by atoms with Crippen molar-refractivity contribution in [3.8, 4) is 0 Å². The summed E-state index contributed by atoms with van der Waals surface area (Å²) in [4.78, 5) is 14.3. The van der Waals surface area contributed by atoms with Gasteiger partial charge >= 0.3 is 0 Å². The Balaban J connectivity index is 1.61. The zero-order valence-corrected chi connectivity index (χ0v) is 12.7. The van der Waals surface area contributed by atoms with Crippen molar-refractivity contribution in [2.75, 3.05) is 18.0 Å². The minimum absolute atomic E-state index is 0.191. The van der Waals surface area contributed by atoms with Gasteiger partial charge in [0.1, 0.15) is 0 Å². The average Bonchev–Trinajstić information content (AvgIpc) is 3.08. The van der Waals surface area contributed by atoms with Crippen LogP contribution in [0.5, 0.6) is 0 Å². The van der Waals surface area contributed by atoms with Crippen molar-refractivity contribution in [1.82, 2.24) is 15.5 Å². The summed E-state index contributed by atoms with van der Waals surface area (Å²) >= 11 is 0. The Bertz CT molecular complexity index is 648. The second kappa shape index (κ2) is 6.56. The van der Waals surface area contributed by atoms with E-state index in [0.29, 0.717) is 12.2 Å². The molecule has 1 aromatic carbocycles. The number of benzene rings is 1. The van der Waals surface area contributed by atoms with Crippen molar-refractivity contribution >= 4 is 11.7 Å². The Labute approximate surface area is 130 Å². The maximum atomic E-state index is 12.1. The van der Waals surface area contributed by atoms with Crippen LogP contribution >= 0.6 is 0 Å². The molecule has 3 rings (SSSR count). The molecular weight excluding hydrogens is 276 g/mol. The van der Waals surface area contributed by atoms with Gasteiger partial charge in [-0.1, -0.05) is 24.3 Å². The summed E-state index contributed by atoms with van der Waals surface area (Å²) in [5.41, 5.74) is 2.63. The third kappa shape index (κ3) is 3.24. The molecule has 1 N–H and O–H groups in total. The molecule has 1 aliphatic rings. The average molecular weight is 296 g/mol. The van der Waals surface area contributed by atoms with Crippen molar-refractivity contribution in [1.29, 1.82) is 0 Å². The van der Waals surface area contributed by atoms with Crippen LogP contribution in [0.25, 0.3) is 0 Å². The topological polar surface area (TPSA) is 58.1 Å². The Morgan fingerprint density at radius 3 is 2.59 bits per heavy atom.